The van der Waals surface area contributed by atoms with Crippen LogP contribution in [-0.2, 0) is 30.3 Å². The number of rotatable bonds is 1. The Morgan fingerprint density at radius 3 is 1.53 bits per heavy atom. The molecule has 0 amide bonds. The summed E-state index contributed by atoms with van der Waals surface area (Å²) in [6, 6.07) is 0. The number of allylic oxidation sites excluding steroid dienone is 4. The number of carbonyl (C=O) groups excluding carboxylic acids is 3. The summed E-state index contributed by atoms with van der Waals surface area (Å²) < 4.78 is 3.90. The van der Waals surface area contributed by atoms with Crippen molar-refractivity contribution in [2.45, 2.75) is 41.0 Å². The normalized spacial score (nSPS) is 16.1. The van der Waals surface area contributed by atoms with E-state index in [9.17, 15) is 14.4 Å². The van der Waals surface area contributed by atoms with Crippen molar-refractivity contribution < 1.29 is 30.3 Å². The van der Waals surface area contributed by atoms with E-state index in [0.717, 1.165) is 6.42 Å². The predicted molar refractivity (Wildman–Crippen MR) is 71.9 cm³/mol. The maximum atomic E-state index is 9.40. The van der Waals surface area contributed by atoms with Crippen LogP contribution in [0.5, 0.6) is 0 Å². The van der Waals surface area contributed by atoms with Crippen molar-refractivity contribution in [1.82, 2.24) is 0 Å². The summed E-state index contributed by atoms with van der Waals surface area (Å²) in [5.41, 5.74) is 6.22. The minimum Gasteiger partial charge on any atom is -0.339 e. The minimum atomic E-state index is -3.05. The smallest absolute Gasteiger partial charge is 0.00472 e. The zero-order valence-electron chi connectivity index (χ0n) is 12.0. The second kappa shape index (κ2) is 7.49. The number of hydrogen-bond acceptors (Lipinski definition) is 3. The third-order valence-corrected chi connectivity index (χ3v) is 5.57. The van der Waals surface area contributed by atoms with Crippen LogP contribution in [0.15, 0.2) is 22.3 Å². The molecule has 19 heavy (non-hydrogen) atoms. The van der Waals surface area contributed by atoms with Gasteiger partial charge in [0.2, 0.25) is 0 Å². The second-order valence-electron chi connectivity index (χ2n) is 4.78. The van der Waals surface area contributed by atoms with Gasteiger partial charge in [-0.3, -0.25) is 0 Å². The summed E-state index contributed by atoms with van der Waals surface area (Å²) in [6.07, 6.45) is 0.938. The number of hydrogen-bond donors (Lipinski definition) is 0. The zero-order valence-corrected chi connectivity index (χ0v) is 15.0. The second-order valence-corrected chi connectivity index (χ2v) is 8.78. The third kappa shape index (κ3) is 3.93. The first kappa shape index (κ1) is 17.9. The van der Waals surface area contributed by atoms with Crippen LogP contribution in [-0.4, -0.2) is 12.8 Å². The summed E-state index contributed by atoms with van der Waals surface area (Å²) in [5.74, 6) is 0. The Balaban J connectivity index is 0.000000399. The quantitative estimate of drug-likeness (QED) is 0.601. The van der Waals surface area contributed by atoms with Gasteiger partial charge in [-0.05, 0) is 26.3 Å². The van der Waals surface area contributed by atoms with Crippen LogP contribution in [0.1, 0.15) is 41.0 Å². The average molecular weight is 431 g/mol. The molecule has 0 aromatic carbocycles. The van der Waals surface area contributed by atoms with Crippen LogP contribution in [0.2, 0.25) is 0 Å². The molecule has 4 heteroatoms. The first-order valence-electron chi connectivity index (χ1n) is 5.83. The molecule has 104 valence electrons. The van der Waals surface area contributed by atoms with E-state index in [4.69, 9.17) is 0 Å². The first-order chi connectivity index (χ1) is 8.77. The Labute approximate surface area is 119 Å². The van der Waals surface area contributed by atoms with Crippen LogP contribution in [0.3, 0.4) is 0 Å². The van der Waals surface area contributed by atoms with Crippen LogP contribution in [0.25, 0.3) is 0 Å². The summed E-state index contributed by atoms with van der Waals surface area (Å²) in [7, 11) is 0. The topological polar surface area (TPSA) is 51.2 Å². The fraction of sp³-hybridized carbons (Fsp3) is 0.467. The van der Waals surface area contributed by atoms with Gasteiger partial charge in [-0.25, -0.2) is 0 Å². The molecule has 0 saturated carbocycles. The molecule has 1 aliphatic rings. The van der Waals surface area contributed by atoms with Gasteiger partial charge in [0.1, 0.15) is 0 Å². The molecule has 1 rings (SSSR count). The minimum absolute atomic E-state index is 0.260. The van der Waals surface area contributed by atoms with Crippen molar-refractivity contribution in [2.75, 3.05) is 0 Å². The molecule has 0 unspecified atom stereocenters. The zero-order chi connectivity index (χ0) is 15.2. The molecule has 0 spiro atoms. The Hall–Kier alpha value is -1.09. The van der Waals surface area contributed by atoms with Gasteiger partial charge in [-0.15, -0.1) is 0 Å². The fourth-order valence-electron chi connectivity index (χ4n) is 2.22. The van der Waals surface area contributed by atoms with Crippen LogP contribution in [0.4, 0.5) is 0 Å². The van der Waals surface area contributed by atoms with E-state index in [1.807, 2.05) is 0 Å². The summed E-state index contributed by atoms with van der Waals surface area (Å²) >= 11 is -3.05. The van der Waals surface area contributed by atoms with Crippen molar-refractivity contribution in [1.29, 1.82) is 0 Å². The van der Waals surface area contributed by atoms with Gasteiger partial charge in [0, 0.05) is 5.41 Å². The van der Waals surface area contributed by atoms with E-state index in [1.165, 1.54) is 35.1 Å². The third-order valence-electron chi connectivity index (χ3n) is 3.77. The van der Waals surface area contributed by atoms with Gasteiger partial charge in [0.15, 0.2) is 0 Å². The van der Waals surface area contributed by atoms with E-state index in [2.05, 4.69) is 41.5 Å². The Bertz CT molecular complexity index is 596. The van der Waals surface area contributed by atoms with Gasteiger partial charge in [-0.2, -0.15) is 6.42 Å². The van der Waals surface area contributed by atoms with Crippen LogP contribution in [0, 0.1) is 12.3 Å². The molecular formula is C15H19O3W-. The maximum absolute atomic E-state index is 9.40. The molecule has 0 N–H and O–H groups in total. The monoisotopic (exact) mass is 431 g/mol. The van der Waals surface area contributed by atoms with Crippen LogP contribution < -0.4 is 0 Å². The van der Waals surface area contributed by atoms with Crippen molar-refractivity contribution in [2.24, 2.45) is 5.41 Å². The predicted octanol–water partition coefficient (Wildman–Crippen LogP) is 2.71. The molecular weight excluding hydrogens is 412 g/mol. The molecule has 0 atom stereocenters. The molecule has 0 saturated heterocycles. The van der Waals surface area contributed by atoms with Crippen molar-refractivity contribution in [3.8, 4) is 0 Å². The molecule has 0 bridgehead atoms. The summed E-state index contributed by atoms with van der Waals surface area (Å²) in [4.78, 5) is 28.2. The van der Waals surface area contributed by atoms with Gasteiger partial charge in [-0.1, -0.05) is 30.6 Å². The van der Waals surface area contributed by atoms with Gasteiger partial charge >= 0.3 is 43.1 Å². The molecule has 0 fully saturated rings. The Morgan fingerprint density at radius 1 is 1.00 bits per heavy atom. The first-order valence-corrected chi connectivity index (χ1v) is 10.2. The van der Waals surface area contributed by atoms with Crippen molar-refractivity contribution in [3.63, 3.8) is 0 Å². The Kier molecular flexibility index (Phi) is 7.06. The van der Waals surface area contributed by atoms with Gasteiger partial charge in [0.25, 0.3) is 0 Å². The van der Waals surface area contributed by atoms with Crippen molar-refractivity contribution >= 4 is 12.8 Å². The van der Waals surface area contributed by atoms with E-state index < -0.39 is 15.9 Å². The SMILES string of the molecule is O=[C]=[W](=[C]=O)=[C]=O.[CH2-]CC1=C(C)C(C)=C(C)C1(C)C. The molecule has 0 aromatic heterocycles. The average Bonchev–Trinajstić information content (AvgIpc) is 2.53. The molecule has 1 aliphatic carbocycles. The fourth-order valence-corrected chi connectivity index (χ4v) is 2.59. The van der Waals surface area contributed by atoms with Gasteiger partial charge in [0.05, 0.1) is 0 Å². The summed E-state index contributed by atoms with van der Waals surface area (Å²) in [5, 5.41) is 0. The maximum Gasteiger partial charge on any atom is 0.00472 e. The molecule has 0 aromatic rings. The Morgan fingerprint density at radius 2 is 1.42 bits per heavy atom. The van der Waals surface area contributed by atoms with E-state index in [-0.39, 0.29) is 5.41 Å². The largest absolute Gasteiger partial charge is 0.339 e. The van der Waals surface area contributed by atoms with Crippen molar-refractivity contribution in [3.05, 3.63) is 29.2 Å². The molecule has 3 nitrogen and oxygen atoms in total. The van der Waals surface area contributed by atoms with E-state index >= 15 is 0 Å². The molecule has 0 radical (unpaired) electrons. The molecule has 0 heterocycles. The van der Waals surface area contributed by atoms with E-state index in [0.29, 0.717) is 0 Å². The summed E-state index contributed by atoms with van der Waals surface area (Å²) in [6.45, 7) is 15.3. The molecule has 0 aliphatic heterocycles. The van der Waals surface area contributed by atoms with Crippen LogP contribution >= 0.6 is 0 Å². The van der Waals surface area contributed by atoms with Gasteiger partial charge < -0.3 is 6.92 Å². The van der Waals surface area contributed by atoms with E-state index in [1.54, 1.807) is 0 Å². The standard InChI is InChI=1S/C12H19.3CO.W/c1-7-11-9(3)8(2)10(4)12(11,5)6;3*1-2;/h1,7H2,2-6H3;;;;/q-1;;;;.